The first-order chi connectivity index (χ1) is 5.47. The van der Waals surface area contributed by atoms with E-state index in [4.69, 9.17) is 0 Å². The Labute approximate surface area is 67.6 Å². The van der Waals surface area contributed by atoms with Crippen LogP contribution >= 0.6 is 0 Å². The quantitative estimate of drug-likeness (QED) is 0.552. The van der Waals surface area contributed by atoms with Gasteiger partial charge in [0.05, 0.1) is 6.54 Å². The Bertz CT molecular complexity index is 188. The molecule has 2 rings (SSSR count). The number of hydrogen-bond donors (Lipinski definition) is 0. The van der Waals surface area contributed by atoms with Gasteiger partial charge in [0.15, 0.2) is 0 Å². The standard InChI is InChI=1S/C9H14N2/c1-2-8-11(7-1)9-3-5-10-6-4-9/h3,6H,1-2,4-5,7-8H2. The van der Waals surface area contributed by atoms with Crippen LogP contribution in [0.1, 0.15) is 19.3 Å². The van der Waals surface area contributed by atoms with Crippen molar-refractivity contribution in [3.05, 3.63) is 11.8 Å². The zero-order chi connectivity index (χ0) is 7.52. The molecule has 0 amide bonds. The zero-order valence-electron chi connectivity index (χ0n) is 6.79. The summed E-state index contributed by atoms with van der Waals surface area (Å²) in [4.78, 5) is 6.66. The third-order valence-electron chi connectivity index (χ3n) is 2.37. The second-order valence-corrected chi connectivity index (χ2v) is 3.14. The lowest BCUT2D eigenvalue weighted by Gasteiger charge is -2.21. The molecule has 2 nitrogen and oxygen atoms in total. The zero-order valence-corrected chi connectivity index (χ0v) is 6.79. The Morgan fingerprint density at radius 3 is 2.73 bits per heavy atom. The maximum absolute atomic E-state index is 4.17. The molecule has 1 fully saturated rings. The van der Waals surface area contributed by atoms with Gasteiger partial charge in [-0.05, 0) is 18.9 Å². The Kier molecular flexibility index (Phi) is 1.93. The highest BCUT2D eigenvalue weighted by Crippen LogP contribution is 2.17. The molecule has 2 aliphatic heterocycles. The van der Waals surface area contributed by atoms with E-state index in [0.29, 0.717) is 0 Å². The molecule has 0 unspecified atom stereocenters. The summed E-state index contributed by atoms with van der Waals surface area (Å²) < 4.78 is 0. The van der Waals surface area contributed by atoms with E-state index in [9.17, 15) is 0 Å². The van der Waals surface area contributed by atoms with E-state index < -0.39 is 0 Å². The molecule has 0 atom stereocenters. The Balaban J connectivity index is 1.97. The molecule has 11 heavy (non-hydrogen) atoms. The fraction of sp³-hybridized carbons (Fsp3) is 0.667. The monoisotopic (exact) mass is 150 g/mol. The van der Waals surface area contributed by atoms with E-state index in [-0.39, 0.29) is 0 Å². The van der Waals surface area contributed by atoms with E-state index >= 15 is 0 Å². The summed E-state index contributed by atoms with van der Waals surface area (Å²) in [6.45, 7) is 3.42. The molecule has 0 bridgehead atoms. The topological polar surface area (TPSA) is 15.6 Å². The van der Waals surface area contributed by atoms with Gasteiger partial charge >= 0.3 is 0 Å². The van der Waals surface area contributed by atoms with Crippen LogP contribution in [0, 0.1) is 0 Å². The molecule has 2 heteroatoms. The van der Waals surface area contributed by atoms with Gasteiger partial charge in [-0.15, -0.1) is 0 Å². The maximum Gasteiger partial charge on any atom is 0.0586 e. The van der Waals surface area contributed by atoms with Crippen molar-refractivity contribution in [3.63, 3.8) is 0 Å². The van der Waals surface area contributed by atoms with Gasteiger partial charge in [-0.3, -0.25) is 4.99 Å². The molecule has 1 saturated heterocycles. The van der Waals surface area contributed by atoms with Crippen LogP contribution in [-0.4, -0.2) is 30.7 Å². The highest BCUT2D eigenvalue weighted by atomic mass is 15.2. The van der Waals surface area contributed by atoms with Crippen LogP contribution in [0.15, 0.2) is 16.8 Å². The highest BCUT2D eigenvalue weighted by Gasteiger charge is 2.14. The Hall–Kier alpha value is -0.790. The van der Waals surface area contributed by atoms with Crippen molar-refractivity contribution >= 4 is 6.21 Å². The molecule has 0 N–H and O–H groups in total. The average molecular weight is 150 g/mol. The fourth-order valence-corrected chi connectivity index (χ4v) is 1.74. The summed E-state index contributed by atoms with van der Waals surface area (Å²) in [5, 5.41) is 0. The van der Waals surface area contributed by atoms with Crippen molar-refractivity contribution in [1.29, 1.82) is 0 Å². The van der Waals surface area contributed by atoms with Gasteiger partial charge in [0.2, 0.25) is 0 Å². The SMILES string of the molecule is C1=NCC=C(N2CCCC2)C1. The van der Waals surface area contributed by atoms with Crippen molar-refractivity contribution < 1.29 is 0 Å². The molecular weight excluding hydrogens is 136 g/mol. The van der Waals surface area contributed by atoms with E-state index in [0.717, 1.165) is 13.0 Å². The number of nitrogens with zero attached hydrogens (tertiary/aromatic N) is 2. The van der Waals surface area contributed by atoms with Crippen molar-refractivity contribution in [2.75, 3.05) is 19.6 Å². The summed E-state index contributed by atoms with van der Waals surface area (Å²) >= 11 is 0. The van der Waals surface area contributed by atoms with E-state index in [1.807, 2.05) is 6.21 Å². The number of dihydropyridines is 1. The van der Waals surface area contributed by atoms with Crippen molar-refractivity contribution in [2.45, 2.75) is 19.3 Å². The highest BCUT2D eigenvalue weighted by molar-refractivity contribution is 5.62. The normalized spacial score (nSPS) is 24.0. The minimum absolute atomic E-state index is 0.895. The smallest absolute Gasteiger partial charge is 0.0586 e. The molecule has 0 aromatic rings. The first-order valence-electron chi connectivity index (χ1n) is 4.39. The number of hydrogen-bond acceptors (Lipinski definition) is 2. The molecule has 2 heterocycles. The van der Waals surface area contributed by atoms with Crippen LogP contribution in [0.25, 0.3) is 0 Å². The minimum Gasteiger partial charge on any atom is -0.375 e. The lowest BCUT2D eigenvalue weighted by molar-refractivity contribution is 0.419. The summed E-state index contributed by atoms with van der Waals surface area (Å²) in [6, 6.07) is 0. The Morgan fingerprint density at radius 1 is 1.27 bits per heavy atom. The van der Waals surface area contributed by atoms with E-state index in [2.05, 4.69) is 16.0 Å². The maximum atomic E-state index is 4.17. The molecule has 2 aliphatic rings. The number of rotatable bonds is 1. The summed E-state index contributed by atoms with van der Waals surface area (Å²) in [5.41, 5.74) is 1.50. The van der Waals surface area contributed by atoms with Gasteiger partial charge in [0.1, 0.15) is 0 Å². The van der Waals surface area contributed by atoms with Crippen LogP contribution < -0.4 is 0 Å². The summed E-state index contributed by atoms with van der Waals surface area (Å²) in [5.74, 6) is 0. The fourth-order valence-electron chi connectivity index (χ4n) is 1.74. The third-order valence-corrected chi connectivity index (χ3v) is 2.37. The van der Waals surface area contributed by atoms with E-state index in [1.165, 1.54) is 31.6 Å². The van der Waals surface area contributed by atoms with Gasteiger partial charge in [-0.1, -0.05) is 0 Å². The van der Waals surface area contributed by atoms with Gasteiger partial charge < -0.3 is 4.90 Å². The molecule has 60 valence electrons. The van der Waals surface area contributed by atoms with E-state index in [1.54, 1.807) is 0 Å². The van der Waals surface area contributed by atoms with Crippen LogP contribution in [-0.2, 0) is 0 Å². The molecule has 0 aromatic carbocycles. The number of likely N-dealkylation sites (tertiary alicyclic amines) is 1. The summed E-state index contributed by atoms with van der Waals surface area (Å²) in [6.07, 6.45) is 8.09. The molecule has 0 aromatic heterocycles. The number of allylic oxidation sites excluding steroid dienone is 1. The first kappa shape index (κ1) is 6.89. The van der Waals surface area contributed by atoms with Gasteiger partial charge in [0, 0.05) is 31.4 Å². The Morgan fingerprint density at radius 2 is 2.09 bits per heavy atom. The number of aliphatic imine (C=N–C) groups is 1. The molecule has 0 aliphatic carbocycles. The average Bonchev–Trinajstić information content (AvgIpc) is 2.58. The molecular formula is C9H14N2. The predicted octanol–water partition coefficient (Wildman–Crippen LogP) is 1.44. The van der Waals surface area contributed by atoms with Crippen LogP contribution in [0.3, 0.4) is 0 Å². The van der Waals surface area contributed by atoms with Crippen molar-refractivity contribution in [2.24, 2.45) is 4.99 Å². The largest absolute Gasteiger partial charge is 0.375 e. The second kappa shape index (κ2) is 3.07. The third kappa shape index (κ3) is 1.44. The van der Waals surface area contributed by atoms with Crippen LogP contribution in [0.4, 0.5) is 0 Å². The van der Waals surface area contributed by atoms with Crippen molar-refractivity contribution in [1.82, 2.24) is 4.90 Å². The van der Waals surface area contributed by atoms with Gasteiger partial charge in [-0.2, -0.15) is 0 Å². The lowest BCUT2D eigenvalue weighted by Crippen LogP contribution is -2.20. The second-order valence-electron chi connectivity index (χ2n) is 3.14. The molecule has 0 spiro atoms. The van der Waals surface area contributed by atoms with Crippen LogP contribution in [0.2, 0.25) is 0 Å². The first-order valence-corrected chi connectivity index (χ1v) is 4.39. The predicted molar refractivity (Wildman–Crippen MR) is 46.9 cm³/mol. The van der Waals surface area contributed by atoms with Crippen molar-refractivity contribution in [3.8, 4) is 0 Å². The van der Waals surface area contributed by atoms with Crippen LogP contribution in [0.5, 0.6) is 0 Å². The van der Waals surface area contributed by atoms with Gasteiger partial charge in [-0.25, -0.2) is 0 Å². The van der Waals surface area contributed by atoms with Gasteiger partial charge in [0.25, 0.3) is 0 Å². The summed E-state index contributed by atoms with van der Waals surface area (Å²) in [7, 11) is 0. The molecule has 0 radical (unpaired) electrons. The minimum atomic E-state index is 0.895. The molecule has 0 saturated carbocycles. The lowest BCUT2D eigenvalue weighted by atomic mass is 10.2.